The van der Waals surface area contributed by atoms with Gasteiger partial charge in [0.25, 0.3) is 0 Å². The Bertz CT molecular complexity index is 367. The first-order valence-electron chi connectivity index (χ1n) is 6.03. The van der Waals surface area contributed by atoms with Crippen molar-refractivity contribution < 1.29 is 0 Å². The van der Waals surface area contributed by atoms with E-state index in [1.54, 1.807) is 6.07 Å². The van der Waals surface area contributed by atoms with Crippen LogP contribution in [0.1, 0.15) is 37.8 Å². The fraction of sp³-hybridized carbons (Fsp3) is 0.583. The van der Waals surface area contributed by atoms with Crippen molar-refractivity contribution in [3.63, 3.8) is 0 Å². The van der Waals surface area contributed by atoms with Crippen LogP contribution in [0.3, 0.4) is 0 Å². The first-order valence-corrected chi connectivity index (χ1v) is 7.46. The van der Waals surface area contributed by atoms with Crippen LogP contribution < -0.4 is 11.3 Å². The monoisotopic (exact) mass is 271 g/mol. The minimum atomic E-state index is 0.675. The minimum Gasteiger partial charge on any atom is -0.308 e. The van der Waals surface area contributed by atoms with Gasteiger partial charge in [0, 0.05) is 11.0 Å². The van der Waals surface area contributed by atoms with Crippen molar-refractivity contribution in [3.8, 4) is 0 Å². The van der Waals surface area contributed by atoms with Crippen LogP contribution in [-0.2, 0) is 5.75 Å². The summed E-state index contributed by atoms with van der Waals surface area (Å²) in [6.45, 7) is 0. The topological polar surface area (TPSA) is 50.9 Å². The molecule has 1 aliphatic rings. The number of anilines is 1. The number of hydrogen-bond donors (Lipinski definition) is 2. The number of nitrogens with two attached hydrogens (primary N) is 1. The summed E-state index contributed by atoms with van der Waals surface area (Å²) in [7, 11) is 0. The normalized spacial score (nSPS) is 17.1. The van der Waals surface area contributed by atoms with Gasteiger partial charge in [-0.1, -0.05) is 30.9 Å². The first kappa shape index (κ1) is 13.0. The van der Waals surface area contributed by atoms with Crippen molar-refractivity contribution >= 4 is 29.2 Å². The third-order valence-corrected chi connectivity index (χ3v) is 4.80. The zero-order chi connectivity index (χ0) is 12.1. The van der Waals surface area contributed by atoms with Gasteiger partial charge >= 0.3 is 0 Å². The molecule has 1 aromatic heterocycles. The molecule has 3 N–H and O–H groups in total. The second-order valence-electron chi connectivity index (χ2n) is 4.34. The quantitative estimate of drug-likeness (QED) is 0.649. The molecule has 1 fully saturated rings. The fourth-order valence-electron chi connectivity index (χ4n) is 2.09. The van der Waals surface area contributed by atoms with Gasteiger partial charge in [0.2, 0.25) is 0 Å². The van der Waals surface area contributed by atoms with Crippen LogP contribution in [0.25, 0.3) is 0 Å². The summed E-state index contributed by atoms with van der Waals surface area (Å²) >= 11 is 8.09. The molecule has 0 atom stereocenters. The first-order chi connectivity index (χ1) is 8.29. The lowest BCUT2D eigenvalue weighted by atomic mass is 10.0. The van der Waals surface area contributed by atoms with Crippen LogP contribution in [0.15, 0.2) is 12.1 Å². The zero-order valence-electron chi connectivity index (χ0n) is 9.79. The Kier molecular flexibility index (Phi) is 4.95. The van der Waals surface area contributed by atoms with Crippen molar-refractivity contribution in [1.82, 2.24) is 4.98 Å². The molecule has 0 aliphatic heterocycles. The van der Waals surface area contributed by atoms with E-state index in [9.17, 15) is 0 Å². The summed E-state index contributed by atoms with van der Waals surface area (Å²) in [4.78, 5) is 4.39. The summed E-state index contributed by atoms with van der Waals surface area (Å²) in [5, 5.41) is 1.50. The predicted octanol–water partition coefficient (Wildman–Crippen LogP) is 3.59. The highest BCUT2D eigenvalue weighted by Crippen LogP contribution is 2.31. The van der Waals surface area contributed by atoms with E-state index in [0.717, 1.165) is 21.7 Å². The molecule has 17 heavy (non-hydrogen) atoms. The van der Waals surface area contributed by atoms with E-state index < -0.39 is 0 Å². The molecule has 0 spiro atoms. The lowest BCUT2D eigenvalue weighted by Gasteiger charge is -2.20. The Balaban J connectivity index is 1.92. The van der Waals surface area contributed by atoms with E-state index in [-0.39, 0.29) is 0 Å². The Hall–Kier alpha value is -0.450. The molecule has 2 rings (SSSR count). The zero-order valence-corrected chi connectivity index (χ0v) is 11.4. The number of hydrazine groups is 1. The number of nitrogens with one attached hydrogen (secondary N) is 1. The summed E-state index contributed by atoms with van der Waals surface area (Å²) in [5.74, 6) is 6.89. The number of rotatable bonds is 4. The van der Waals surface area contributed by atoms with E-state index in [4.69, 9.17) is 17.4 Å². The van der Waals surface area contributed by atoms with Gasteiger partial charge in [0.1, 0.15) is 5.82 Å². The molecule has 1 saturated carbocycles. The average Bonchev–Trinajstić information content (AvgIpc) is 2.39. The van der Waals surface area contributed by atoms with E-state index in [2.05, 4.69) is 10.4 Å². The molecule has 0 bridgehead atoms. The third kappa shape index (κ3) is 3.76. The minimum absolute atomic E-state index is 0.675. The molecule has 1 heterocycles. The molecule has 1 aromatic rings. The van der Waals surface area contributed by atoms with Gasteiger partial charge in [-0.2, -0.15) is 11.8 Å². The van der Waals surface area contributed by atoms with Crippen LogP contribution >= 0.6 is 23.4 Å². The number of thioether (sulfide) groups is 1. The van der Waals surface area contributed by atoms with E-state index >= 15 is 0 Å². The van der Waals surface area contributed by atoms with Crippen LogP contribution in [0.5, 0.6) is 0 Å². The molecular weight excluding hydrogens is 254 g/mol. The Labute approximate surface area is 111 Å². The van der Waals surface area contributed by atoms with Crippen molar-refractivity contribution in [3.05, 3.63) is 22.8 Å². The van der Waals surface area contributed by atoms with Gasteiger partial charge in [0.15, 0.2) is 0 Å². The average molecular weight is 272 g/mol. The largest absolute Gasteiger partial charge is 0.308 e. The van der Waals surface area contributed by atoms with Crippen LogP contribution in [0.2, 0.25) is 5.02 Å². The van der Waals surface area contributed by atoms with E-state index in [1.807, 2.05) is 17.8 Å². The van der Waals surface area contributed by atoms with Gasteiger partial charge in [-0.15, -0.1) is 0 Å². The number of pyridine rings is 1. The Morgan fingerprint density at radius 2 is 2.12 bits per heavy atom. The number of nitrogens with zero attached hydrogens (tertiary/aromatic N) is 1. The standard InChI is InChI=1S/C12H18ClN3S/c13-10-6-7-12(16-14)15-11(10)8-17-9-4-2-1-3-5-9/h6-7,9H,1-5,8,14H2,(H,15,16). The van der Waals surface area contributed by atoms with E-state index in [1.165, 1.54) is 32.1 Å². The molecule has 5 heteroatoms. The van der Waals surface area contributed by atoms with Crippen molar-refractivity contribution in [2.45, 2.75) is 43.1 Å². The maximum atomic E-state index is 6.13. The van der Waals surface area contributed by atoms with Gasteiger partial charge in [-0.05, 0) is 25.0 Å². The number of nitrogen functional groups attached to an aromatic ring is 1. The molecule has 0 amide bonds. The number of aromatic nitrogens is 1. The van der Waals surface area contributed by atoms with Gasteiger partial charge in [-0.3, -0.25) is 0 Å². The Morgan fingerprint density at radius 1 is 1.35 bits per heavy atom. The van der Waals surface area contributed by atoms with Crippen molar-refractivity contribution in [2.24, 2.45) is 5.84 Å². The maximum Gasteiger partial charge on any atom is 0.140 e. The predicted molar refractivity (Wildman–Crippen MR) is 75.2 cm³/mol. The maximum absolute atomic E-state index is 6.13. The number of hydrogen-bond acceptors (Lipinski definition) is 4. The number of halogens is 1. The molecule has 94 valence electrons. The van der Waals surface area contributed by atoms with Crippen molar-refractivity contribution in [1.29, 1.82) is 0 Å². The summed E-state index contributed by atoms with van der Waals surface area (Å²) < 4.78 is 0. The second-order valence-corrected chi connectivity index (χ2v) is 6.04. The van der Waals surface area contributed by atoms with Crippen molar-refractivity contribution in [2.75, 3.05) is 5.43 Å². The van der Waals surface area contributed by atoms with Gasteiger partial charge < -0.3 is 5.43 Å². The lowest BCUT2D eigenvalue weighted by molar-refractivity contribution is 0.516. The SMILES string of the molecule is NNc1ccc(Cl)c(CSC2CCCCC2)n1. The third-order valence-electron chi connectivity index (χ3n) is 3.07. The van der Waals surface area contributed by atoms with Gasteiger partial charge in [-0.25, -0.2) is 10.8 Å². The molecule has 0 aromatic carbocycles. The molecule has 0 radical (unpaired) electrons. The highest BCUT2D eigenvalue weighted by molar-refractivity contribution is 7.99. The Morgan fingerprint density at radius 3 is 2.82 bits per heavy atom. The highest BCUT2D eigenvalue weighted by Gasteiger charge is 2.15. The molecule has 0 unspecified atom stereocenters. The van der Waals surface area contributed by atoms with Gasteiger partial charge in [0.05, 0.1) is 10.7 Å². The van der Waals surface area contributed by atoms with Crippen LogP contribution in [-0.4, -0.2) is 10.2 Å². The summed E-state index contributed by atoms with van der Waals surface area (Å²) in [6, 6.07) is 3.64. The molecule has 1 aliphatic carbocycles. The molecular formula is C12H18ClN3S. The lowest BCUT2D eigenvalue weighted by Crippen LogP contribution is -2.10. The van der Waals surface area contributed by atoms with E-state index in [0.29, 0.717) is 5.82 Å². The fourth-order valence-corrected chi connectivity index (χ4v) is 3.63. The highest BCUT2D eigenvalue weighted by atomic mass is 35.5. The molecule has 3 nitrogen and oxygen atoms in total. The summed E-state index contributed by atoms with van der Waals surface area (Å²) in [5.41, 5.74) is 3.48. The van der Waals surface area contributed by atoms with Crippen LogP contribution in [0, 0.1) is 0 Å². The molecule has 0 saturated heterocycles. The summed E-state index contributed by atoms with van der Waals surface area (Å²) in [6.07, 6.45) is 6.78. The van der Waals surface area contributed by atoms with Crippen LogP contribution in [0.4, 0.5) is 5.82 Å². The smallest absolute Gasteiger partial charge is 0.140 e. The second kappa shape index (κ2) is 6.47.